The lowest BCUT2D eigenvalue weighted by Crippen LogP contribution is -2.51. The number of nitrogens with one attached hydrogen (secondary N) is 1. The van der Waals surface area contributed by atoms with Crippen LogP contribution in [0.2, 0.25) is 0 Å². The summed E-state index contributed by atoms with van der Waals surface area (Å²) in [5.74, 6) is 0. The molecule has 4 rings (SSSR count). The molecule has 7 nitrogen and oxygen atoms in total. The first-order chi connectivity index (χ1) is 14.9. The lowest BCUT2D eigenvalue weighted by Gasteiger charge is -2.34. The standard InChI is InChI=1S/C23H28N4O3S/c1-18-14-27(15-19(2)30-18)31(28,29)24-13-22-17-26(16-20-9-5-3-6-10-20)25-23(22)21-11-7-4-8-12-21/h3-12,17-19,24H,13-16H2,1-2H3/t18-,19+. The van der Waals surface area contributed by atoms with E-state index in [9.17, 15) is 8.42 Å². The van der Waals surface area contributed by atoms with Crippen LogP contribution >= 0.6 is 0 Å². The molecule has 164 valence electrons. The van der Waals surface area contributed by atoms with Gasteiger partial charge < -0.3 is 4.74 Å². The molecule has 1 aliphatic heterocycles. The van der Waals surface area contributed by atoms with Crippen LogP contribution in [0, 0.1) is 0 Å². The normalized spacial score (nSPS) is 20.1. The maximum atomic E-state index is 12.9. The first-order valence-corrected chi connectivity index (χ1v) is 11.9. The zero-order valence-corrected chi connectivity index (χ0v) is 18.6. The Hall–Kier alpha value is -2.52. The Bertz CT molecular complexity index is 1090. The van der Waals surface area contributed by atoms with E-state index < -0.39 is 10.2 Å². The van der Waals surface area contributed by atoms with E-state index in [-0.39, 0.29) is 18.8 Å². The molecular weight excluding hydrogens is 412 g/mol. The van der Waals surface area contributed by atoms with Crippen LogP contribution < -0.4 is 4.72 Å². The quantitative estimate of drug-likeness (QED) is 0.613. The number of morpholine rings is 1. The molecule has 0 radical (unpaired) electrons. The van der Waals surface area contributed by atoms with Crippen molar-refractivity contribution >= 4 is 10.2 Å². The molecule has 0 aliphatic carbocycles. The molecule has 0 saturated carbocycles. The zero-order chi connectivity index (χ0) is 21.8. The molecule has 2 atom stereocenters. The van der Waals surface area contributed by atoms with Crippen molar-refractivity contribution in [2.24, 2.45) is 0 Å². The Morgan fingerprint density at radius 2 is 1.61 bits per heavy atom. The average molecular weight is 441 g/mol. The highest BCUT2D eigenvalue weighted by Gasteiger charge is 2.31. The number of rotatable bonds is 7. The minimum Gasteiger partial charge on any atom is -0.373 e. The maximum Gasteiger partial charge on any atom is 0.279 e. The van der Waals surface area contributed by atoms with Crippen LogP contribution in [-0.2, 0) is 28.0 Å². The third kappa shape index (κ3) is 5.40. The predicted molar refractivity (Wildman–Crippen MR) is 121 cm³/mol. The van der Waals surface area contributed by atoms with Gasteiger partial charge in [-0.2, -0.15) is 22.5 Å². The lowest BCUT2D eigenvalue weighted by atomic mass is 10.1. The van der Waals surface area contributed by atoms with Crippen LogP contribution in [0.3, 0.4) is 0 Å². The molecule has 0 unspecified atom stereocenters. The van der Waals surface area contributed by atoms with E-state index in [1.165, 1.54) is 4.31 Å². The van der Waals surface area contributed by atoms with E-state index in [0.717, 1.165) is 22.4 Å². The highest BCUT2D eigenvalue weighted by atomic mass is 32.2. The second-order valence-corrected chi connectivity index (χ2v) is 9.71. The van der Waals surface area contributed by atoms with E-state index in [1.54, 1.807) is 0 Å². The molecule has 1 fully saturated rings. The van der Waals surface area contributed by atoms with Crippen LogP contribution in [0.4, 0.5) is 0 Å². The average Bonchev–Trinajstić information content (AvgIpc) is 3.16. The Morgan fingerprint density at radius 3 is 2.26 bits per heavy atom. The van der Waals surface area contributed by atoms with Crippen molar-refractivity contribution in [3.05, 3.63) is 78.0 Å². The minimum absolute atomic E-state index is 0.131. The summed E-state index contributed by atoms with van der Waals surface area (Å²) >= 11 is 0. The van der Waals surface area contributed by atoms with Crippen molar-refractivity contribution in [3.8, 4) is 11.3 Å². The number of nitrogens with zero attached hydrogens (tertiary/aromatic N) is 3. The van der Waals surface area contributed by atoms with Gasteiger partial charge in [0, 0.05) is 37.0 Å². The van der Waals surface area contributed by atoms with Crippen LogP contribution in [0.1, 0.15) is 25.0 Å². The fourth-order valence-electron chi connectivity index (χ4n) is 3.87. The Kier molecular flexibility index (Phi) is 6.52. The van der Waals surface area contributed by atoms with Crippen molar-refractivity contribution in [1.29, 1.82) is 0 Å². The molecule has 1 aromatic heterocycles. The highest BCUT2D eigenvalue weighted by molar-refractivity contribution is 7.87. The third-order valence-corrected chi connectivity index (χ3v) is 6.73. The molecule has 1 aliphatic rings. The molecule has 0 amide bonds. The summed E-state index contributed by atoms with van der Waals surface area (Å²) in [6.45, 7) is 5.25. The van der Waals surface area contributed by atoms with Crippen molar-refractivity contribution in [2.45, 2.75) is 39.1 Å². The third-order valence-electron chi connectivity index (χ3n) is 5.24. The number of ether oxygens (including phenoxy) is 1. The van der Waals surface area contributed by atoms with Crippen LogP contribution in [-0.4, -0.2) is 47.8 Å². The van der Waals surface area contributed by atoms with Gasteiger partial charge in [-0.3, -0.25) is 4.68 Å². The minimum atomic E-state index is -3.63. The number of hydrogen-bond donors (Lipinski definition) is 1. The lowest BCUT2D eigenvalue weighted by molar-refractivity contribution is -0.0444. The van der Waals surface area contributed by atoms with Crippen LogP contribution in [0.5, 0.6) is 0 Å². The Morgan fingerprint density at radius 1 is 1.00 bits per heavy atom. The van der Waals surface area contributed by atoms with E-state index in [2.05, 4.69) is 4.72 Å². The molecule has 2 aromatic carbocycles. The Balaban J connectivity index is 1.56. The highest BCUT2D eigenvalue weighted by Crippen LogP contribution is 2.23. The van der Waals surface area contributed by atoms with Crippen molar-refractivity contribution in [2.75, 3.05) is 13.1 Å². The second-order valence-electron chi connectivity index (χ2n) is 7.95. The molecule has 0 spiro atoms. The summed E-state index contributed by atoms with van der Waals surface area (Å²) in [4.78, 5) is 0. The van der Waals surface area contributed by atoms with Gasteiger partial charge in [0.25, 0.3) is 10.2 Å². The number of benzene rings is 2. The van der Waals surface area contributed by atoms with Gasteiger partial charge in [-0.05, 0) is 19.4 Å². The first kappa shape index (κ1) is 21.7. The van der Waals surface area contributed by atoms with E-state index in [4.69, 9.17) is 9.84 Å². The molecule has 0 bridgehead atoms. The smallest absolute Gasteiger partial charge is 0.279 e. The molecule has 1 N–H and O–H groups in total. The molecule has 31 heavy (non-hydrogen) atoms. The summed E-state index contributed by atoms with van der Waals surface area (Å²) in [5.41, 5.74) is 3.70. The fraction of sp³-hybridized carbons (Fsp3) is 0.348. The van der Waals surface area contributed by atoms with Gasteiger partial charge in [0.2, 0.25) is 0 Å². The van der Waals surface area contributed by atoms with Gasteiger partial charge in [-0.15, -0.1) is 0 Å². The molecule has 3 aromatic rings. The van der Waals surface area contributed by atoms with E-state index in [1.807, 2.05) is 85.4 Å². The summed E-state index contributed by atoms with van der Waals surface area (Å²) < 4.78 is 37.6. The van der Waals surface area contributed by atoms with Crippen LogP contribution in [0.15, 0.2) is 66.9 Å². The summed E-state index contributed by atoms with van der Waals surface area (Å²) in [7, 11) is -3.63. The largest absolute Gasteiger partial charge is 0.373 e. The summed E-state index contributed by atoms with van der Waals surface area (Å²) in [5, 5.41) is 4.76. The number of hydrogen-bond acceptors (Lipinski definition) is 4. The summed E-state index contributed by atoms with van der Waals surface area (Å²) in [6.07, 6.45) is 1.66. The second kappa shape index (κ2) is 9.32. The monoisotopic (exact) mass is 440 g/mol. The van der Waals surface area contributed by atoms with E-state index in [0.29, 0.717) is 19.6 Å². The Labute approximate surface area is 183 Å². The zero-order valence-electron chi connectivity index (χ0n) is 17.8. The van der Waals surface area contributed by atoms with Crippen molar-refractivity contribution in [1.82, 2.24) is 18.8 Å². The number of aromatic nitrogens is 2. The van der Waals surface area contributed by atoms with Gasteiger partial charge in [0.15, 0.2) is 0 Å². The van der Waals surface area contributed by atoms with Gasteiger partial charge in [-0.25, -0.2) is 0 Å². The summed E-state index contributed by atoms with van der Waals surface area (Å²) in [6, 6.07) is 19.9. The van der Waals surface area contributed by atoms with E-state index >= 15 is 0 Å². The van der Waals surface area contributed by atoms with Crippen LogP contribution in [0.25, 0.3) is 11.3 Å². The molecular formula is C23H28N4O3S. The molecule has 1 saturated heterocycles. The first-order valence-electron chi connectivity index (χ1n) is 10.5. The topological polar surface area (TPSA) is 76.5 Å². The SMILES string of the molecule is C[C@@H]1CN(S(=O)(=O)NCc2cn(Cc3ccccc3)nc2-c2ccccc2)C[C@H](C)O1. The fourth-order valence-corrected chi connectivity index (χ4v) is 5.20. The predicted octanol–water partition coefficient (Wildman–Crippen LogP) is 3.04. The maximum absolute atomic E-state index is 12.9. The van der Waals surface area contributed by atoms with Gasteiger partial charge in [0.1, 0.15) is 0 Å². The van der Waals surface area contributed by atoms with Gasteiger partial charge in [0.05, 0.1) is 24.4 Å². The van der Waals surface area contributed by atoms with Gasteiger partial charge in [-0.1, -0.05) is 60.7 Å². The molecule has 2 heterocycles. The van der Waals surface area contributed by atoms with Crippen molar-refractivity contribution < 1.29 is 13.2 Å². The molecule has 8 heteroatoms. The van der Waals surface area contributed by atoms with Crippen molar-refractivity contribution in [3.63, 3.8) is 0 Å². The van der Waals surface area contributed by atoms with Gasteiger partial charge >= 0.3 is 0 Å².